The summed E-state index contributed by atoms with van der Waals surface area (Å²) >= 11 is 12.1. The molecule has 9 heteroatoms. The molecule has 26 heavy (non-hydrogen) atoms. The summed E-state index contributed by atoms with van der Waals surface area (Å²) in [5.41, 5.74) is 0. The van der Waals surface area contributed by atoms with E-state index in [1.807, 2.05) is 14.1 Å². The van der Waals surface area contributed by atoms with Crippen LogP contribution in [0.25, 0.3) is 0 Å². The Kier molecular flexibility index (Phi) is 7.73. The van der Waals surface area contributed by atoms with Gasteiger partial charge in [0, 0.05) is 25.6 Å². The van der Waals surface area contributed by atoms with Crippen LogP contribution >= 0.6 is 23.2 Å². The van der Waals surface area contributed by atoms with Crippen molar-refractivity contribution in [2.45, 2.75) is 24.2 Å². The smallest absolute Gasteiger partial charge is 0.246 e. The van der Waals surface area contributed by atoms with Crippen molar-refractivity contribution in [3.8, 4) is 0 Å². The highest BCUT2D eigenvalue weighted by atomic mass is 35.5. The number of hydrogen-bond acceptors (Lipinski definition) is 4. The lowest BCUT2D eigenvalue weighted by Gasteiger charge is -2.31. The number of piperidine rings is 1. The zero-order valence-corrected chi connectivity index (χ0v) is 17.4. The van der Waals surface area contributed by atoms with Gasteiger partial charge in [-0.15, -0.1) is 0 Å². The number of carbonyl (C=O) groups is 1. The van der Waals surface area contributed by atoms with Crippen LogP contribution in [0.5, 0.6) is 0 Å². The second kappa shape index (κ2) is 9.37. The summed E-state index contributed by atoms with van der Waals surface area (Å²) in [7, 11) is 0.208. The average molecular weight is 422 g/mol. The Morgan fingerprint density at radius 1 is 1.23 bits per heavy atom. The highest BCUT2D eigenvalue weighted by Gasteiger charge is 2.34. The molecule has 1 aliphatic rings. The fraction of sp³-hybridized carbons (Fsp3) is 0.588. The molecule has 6 nitrogen and oxygen atoms in total. The molecule has 0 saturated carbocycles. The van der Waals surface area contributed by atoms with Crippen LogP contribution in [0.2, 0.25) is 10.0 Å². The van der Waals surface area contributed by atoms with Gasteiger partial charge in [0.25, 0.3) is 0 Å². The maximum Gasteiger partial charge on any atom is 0.246 e. The second-order valence-electron chi connectivity index (χ2n) is 6.68. The molecule has 0 aromatic heterocycles. The monoisotopic (exact) mass is 421 g/mol. The maximum atomic E-state index is 12.8. The molecule has 1 heterocycles. The van der Waals surface area contributed by atoms with E-state index in [1.165, 1.54) is 16.4 Å². The largest absolute Gasteiger partial charge is 0.356 e. The zero-order chi connectivity index (χ0) is 19.3. The van der Waals surface area contributed by atoms with E-state index in [-0.39, 0.29) is 39.9 Å². The predicted octanol–water partition coefficient (Wildman–Crippen LogP) is 2.46. The molecule has 1 N–H and O–H groups in total. The van der Waals surface area contributed by atoms with Crippen LogP contribution in [0.4, 0.5) is 0 Å². The quantitative estimate of drug-likeness (QED) is 0.686. The van der Waals surface area contributed by atoms with Gasteiger partial charge < -0.3 is 10.2 Å². The van der Waals surface area contributed by atoms with E-state index < -0.39 is 10.0 Å². The molecule has 0 aliphatic carbocycles. The lowest BCUT2D eigenvalue weighted by molar-refractivity contribution is -0.126. The molecule has 1 aliphatic heterocycles. The standard InChI is InChI=1S/C17H25Cl2N3O3S/c1-21(2)10-4-9-20-17(23)13-7-11-22(12-8-13)26(24,25)16-14(18)5-3-6-15(16)19/h3,5-6,13H,4,7-12H2,1-2H3,(H,20,23). The van der Waals surface area contributed by atoms with Crippen LogP contribution in [0.15, 0.2) is 23.1 Å². The van der Waals surface area contributed by atoms with E-state index in [0.29, 0.717) is 19.4 Å². The number of nitrogens with zero attached hydrogens (tertiary/aromatic N) is 2. The van der Waals surface area contributed by atoms with E-state index in [1.54, 1.807) is 6.07 Å². The molecule has 146 valence electrons. The Bertz CT molecular complexity index is 713. The third-order valence-electron chi connectivity index (χ3n) is 4.42. The van der Waals surface area contributed by atoms with Crippen molar-refractivity contribution in [1.29, 1.82) is 0 Å². The first-order valence-electron chi connectivity index (χ1n) is 8.60. The number of amides is 1. The maximum absolute atomic E-state index is 12.8. The summed E-state index contributed by atoms with van der Waals surface area (Å²) in [5.74, 6) is -0.167. The zero-order valence-electron chi connectivity index (χ0n) is 15.0. The van der Waals surface area contributed by atoms with E-state index in [9.17, 15) is 13.2 Å². The van der Waals surface area contributed by atoms with Gasteiger partial charge >= 0.3 is 0 Å². The van der Waals surface area contributed by atoms with Crippen LogP contribution in [-0.2, 0) is 14.8 Å². The Morgan fingerprint density at radius 3 is 2.35 bits per heavy atom. The lowest BCUT2D eigenvalue weighted by Crippen LogP contribution is -2.43. The first-order valence-corrected chi connectivity index (χ1v) is 10.8. The fourth-order valence-electron chi connectivity index (χ4n) is 2.97. The molecule has 1 amide bonds. The summed E-state index contributed by atoms with van der Waals surface area (Å²) in [4.78, 5) is 14.2. The minimum atomic E-state index is -3.77. The van der Waals surface area contributed by atoms with Crippen molar-refractivity contribution in [3.63, 3.8) is 0 Å². The van der Waals surface area contributed by atoms with Crippen LogP contribution in [0, 0.1) is 5.92 Å². The van der Waals surface area contributed by atoms with E-state index >= 15 is 0 Å². The van der Waals surface area contributed by atoms with Crippen LogP contribution < -0.4 is 5.32 Å². The van der Waals surface area contributed by atoms with Gasteiger partial charge in [-0.25, -0.2) is 8.42 Å². The number of sulfonamides is 1. The first kappa shape index (κ1) is 21.4. The van der Waals surface area contributed by atoms with Crippen molar-refractivity contribution < 1.29 is 13.2 Å². The second-order valence-corrected chi connectivity index (χ2v) is 9.37. The Hall–Kier alpha value is -0.860. The molecule has 0 atom stereocenters. The summed E-state index contributed by atoms with van der Waals surface area (Å²) in [6.45, 7) is 2.10. The van der Waals surface area contributed by atoms with Gasteiger partial charge in [-0.1, -0.05) is 29.3 Å². The van der Waals surface area contributed by atoms with Gasteiger partial charge in [-0.2, -0.15) is 4.31 Å². The number of rotatable bonds is 7. The van der Waals surface area contributed by atoms with Crippen molar-refractivity contribution in [2.24, 2.45) is 5.92 Å². The van der Waals surface area contributed by atoms with Gasteiger partial charge in [0.2, 0.25) is 15.9 Å². The number of carbonyl (C=O) groups excluding carboxylic acids is 1. The molecule has 1 aromatic rings. The lowest BCUT2D eigenvalue weighted by atomic mass is 9.97. The minimum absolute atomic E-state index is 0.00317. The highest BCUT2D eigenvalue weighted by Crippen LogP contribution is 2.33. The highest BCUT2D eigenvalue weighted by molar-refractivity contribution is 7.89. The normalized spacial score (nSPS) is 16.8. The van der Waals surface area contributed by atoms with E-state index in [2.05, 4.69) is 10.2 Å². The van der Waals surface area contributed by atoms with Crippen molar-refractivity contribution in [3.05, 3.63) is 28.2 Å². The molecule has 0 spiro atoms. The summed E-state index contributed by atoms with van der Waals surface area (Å²) in [6.07, 6.45) is 1.86. The summed E-state index contributed by atoms with van der Waals surface area (Å²) in [5, 5.41) is 3.15. The number of hydrogen-bond donors (Lipinski definition) is 1. The number of benzene rings is 1. The van der Waals surface area contributed by atoms with Crippen molar-refractivity contribution in [1.82, 2.24) is 14.5 Å². The van der Waals surface area contributed by atoms with Crippen LogP contribution in [0.1, 0.15) is 19.3 Å². The topological polar surface area (TPSA) is 69.7 Å². The fourth-order valence-corrected chi connectivity index (χ4v) is 5.53. The minimum Gasteiger partial charge on any atom is -0.356 e. The third kappa shape index (κ3) is 5.33. The van der Waals surface area contributed by atoms with Gasteiger partial charge in [0.15, 0.2) is 0 Å². The summed E-state index contributed by atoms with van der Waals surface area (Å²) in [6, 6.07) is 4.62. The SMILES string of the molecule is CN(C)CCCNC(=O)C1CCN(S(=O)(=O)c2c(Cl)cccc2Cl)CC1. The molecule has 1 saturated heterocycles. The van der Waals surface area contributed by atoms with E-state index in [4.69, 9.17) is 23.2 Å². The first-order chi connectivity index (χ1) is 12.2. The third-order valence-corrected chi connectivity index (χ3v) is 7.28. The molecule has 0 bridgehead atoms. The van der Waals surface area contributed by atoms with Crippen molar-refractivity contribution in [2.75, 3.05) is 40.3 Å². The molecule has 2 rings (SSSR count). The molecular formula is C17H25Cl2N3O3S. The van der Waals surface area contributed by atoms with Crippen LogP contribution in [0.3, 0.4) is 0 Å². The molecule has 0 radical (unpaired) electrons. The molecule has 1 aromatic carbocycles. The predicted molar refractivity (Wildman–Crippen MR) is 104 cm³/mol. The Labute approximate surface area is 165 Å². The van der Waals surface area contributed by atoms with E-state index in [0.717, 1.165) is 13.0 Å². The van der Waals surface area contributed by atoms with Crippen LogP contribution in [-0.4, -0.2) is 63.8 Å². The molecular weight excluding hydrogens is 397 g/mol. The van der Waals surface area contributed by atoms with Gasteiger partial charge in [-0.05, 0) is 52.0 Å². The van der Waals surface area contributed by atoms with Gasteiger partial charge in [0.1, 0.15) is 4.90 Å². The van der Waals surface area contributed by atoms with Crippen molar-refractivity contribution >= 4 is 39.1 Å². The molecule has 0 unspecified atom stereocenters. The average Bonchev–Trinajstić information content (AvgIpc) is 2.58. The molecule has 1 fully saturated rings. The van der Waals surface area contributed by atoms with Gasteiger partial charge in [0.05, 0.1) is 10.0 Å². The number of halogens is 2. The summed E-state index contributed by atoms with van der Waals surface area (Å²) < 4.78 is 27.0. The Balaban J connectivity index is 1.92. The Morgan fingerprint density at radius 2 is 1.81 bits per heavy atom. The van der Waals surface area contributed by atoms with Gasteiger partial charge in [-0.3, -0.25) is 4.79 Å². The number of nitrogens with one attached hydrogen (secondary N) is 1.